The van der Waals surface area contributed by atoms with Crippen molar-refractivity contribution in [2.24, 2.45) is 0 Å². The fraction of sp³-hybridized carbons (Fsp3) is 0.441. The smallest absolute Gasteiger partial charge is 0.227 e. The summed E-state index contributed by atoms with van der Waals surface area (Å²) in [4.78, 5) is 13.0. The van der Waals surface area contributed by atoms with Gasteiger partial charge in [-0.1, -0.05) is 80.4 Å². The van der Waals surface area contributed by atoms with E-state index in [1.54, 1.807) is 24.3 Å². The molecule has 1 unspecified atom stereocenters. The lowest BCUT2D eigenvalue weighted by atomic mass is 9.96. The molecule has 234 valence electrons. The lowest BCUT2D eigenvalue weighted by molar-refractivity contribution is -0.122. The van der Waals surface area contributed by atoms with Gasteiger partial charge in [-0.3, -0.25) is 4.79 Å². The molecule has 0 aliphatic heterocycles. The summed E-state index contributed by atoms with van der Waals surface area (Å²) in [5, 5.41) is 27.5. The van der Waals surface area contributed by atoms with E-state index < -0.39 is 8.32 Å². The maximum Gasteiger partial charge on any atom is 0.227 e. The number of hydrogen-bond acceptors (Lipinski definition) is 5. The molecule has 4 N–H and O–H groups in total. The largest absolute Gasteiger partial charge is 0.508 e. The lowest BCUT2D eigenvalue weighted by Crippen LogP contribution is -2.44. The molecule has 0 saturated carbocycles. The Morgan fingerprint density at radius 3 is 2.26 bits per heavy atom. The normalized spacial score (nSPS) is 14.3. The molecule has 43 heavy (non-hydrogen) atoms. The molecular formula is C34H46Cl2N2O4Si. The predicted molar refractivity (Wildman–Crippen MR) is 179 cm³/mol. The molecule has 3 atom stereocenters. The van der Waals surface area contributed by atoms with Gasteiger partial charge < -0.3 is 25.3 Å². The lowest BCUT2D eigenvalue weighted by Gasteiger charge is -2.40. The first-order valence-electron chi connectivity index (χ1n) is 14.8. The van der Waals surface area contributed by atoms with E-state index >= 15 is 0 Å². The van der Waals surface area contributed by atoms with Gasteiger partial charge in [-0.25, -0.2) is 0 Å². The Hall–Kier alpha value is -2.39. The Morgan fingerprint density at radius 2 is 1.63 bits per heavy atom. The number of hydrogen-bond donors (Lipinski definition) is 4. The monoisotopic (exact) mass is 644 g/mol. The molecule has 0 bridgehead atoms. The highest BCUT2D eigenvalue weighted by Gasteiger charge is 2.39. The average molecular weight is 646 g/mol. The van der Waals surface area contributed by atoms with Crippen molar-refractivity contribution in [3.8, 4) is 5.75 Å². The number of benzene rings is 3. The number of carbonyl (C=O) groups excluding carboxylic acids is 1. The number of carbonyl (C=O) groups is 1. The first kappa shape index (κ1) is 35.1. The van der Waals surface area contributed by atoms with Crippen molar-refractivity contribution in [2.75, 3.05) is 6.54 Å². The summed E-state index contributed by atoms with van der Waals surface area (Å²) >= 11 is 12.5. The van der Waals surface area contributed by atoms with Crippen LogP contribution in [0.5, 0.6) is 5.75 Å². The Balaban J connectivity index is 1.67. The summed E-state index contributed by atoms with van der Waals surface area (Å²) < 4.78 is 6.83. The Morgan fingerprint density at radius 1 is 0.977 bits per heavy atom. The molecule has 3 rings (SSSR count). The first-order chi connectivity index (χ1) is 20.1. The van der Waals surface area contributed by atoms with Gasteiger partial charge in [0.15, 0.2) is 8.32 Å². The van der Waals surface area contributed by atoms with Crippen molar-refractivity contribution in [1.29, 1.82) is 0 Å². The fourth-order valence-electron chi connectivity index (χ4n) is 4.60. The minimum Gasteiger partial charge on any atom is -0.508 e. The predicted octanol–water partition coefficient (Wildman–Crippen LogP) is 7.89. The summed E-state index contributed by atoms with van der Waals surface area (Å²) in [6.07, 6.45) is 0.526. The van der Waals surface area contributed by atoms with Gasteiger partial charge in [0, 0.05) is 40.3 Å². The highest BCUT2D eigenvalue weighted by Crippen LogP contribution is 2.40. The molecule has 0 aliphatic rings. The SMILES string of the molecule is CC(C(=O)NCc1c(Cl)cccc1Cl)c1cccc(C[C@@H](C)NC[C@H](O[Si](C)(C)C(C)(C)C)c2ccc(O)c(CO)c2)c1. The number of nitrogens with one attached hydrogen (secondary N) is 2. The number of aliphatic hydroxyl groups is 1. The van der Waals surface area contributed by atoms with Crippen molar-refractivity contribution in [2.45, 2.75) is 90.4 Å². The van der Waals surface area contributed by atoms with Gasteiger partial charge in [0.25, 0.3) is 0 Å². The first-order valence-corrected chi connectivity index (χ1v) is 18.4. The van der Waals surface area contributed by atoms with Crippen LogP contribution in [0.4, 0.5) is 0 Å². The Labute approximate surface area is 267 Å². The molecule has 3 aromatic rings. The minimum absolute atomic E-state index is 0.0244. The zero-order valence-corrected chi connectivity index (χ0v) is 28.8. The van der Waals surface area contributed by atoms with E-state index in [-0.39, 0.29) is 47.9 Å². The second kappa shape index (κ2) is 15.1. The van der Waals surface area contributed by atoms with Crippen LogP contribution in [0.15, 0.2) is 60.7 Å². The van der Waals surface area contributed by atoms with Crippen LogP contribution in [0.25, 0.3) is 0 Å². The molecule has 0 aromatic heterocycles. The van der Waals surface area contributed by atoms with Crippen LogP contribution in [0.3, 0.4) is 0 Å². The van der Waals surface area contributed by atoms with E-state index in [9.17, 15) is 15.0 Å². The average Bonchev–Trinajstić information content (AvgIpc) is 2.94. The topological polar surface area (TPSA) is 90.8 Å². The van der Waals surface area contributed by atoms with Gasteiger partial charge in [-0.05, 0) is 79.4 Å². The third kappa shape index (κ3) is 9.54. The summed E-state index contributed by atoms with van der Waals surface area (Å²) in [5.41, 5.74) is 4.17. The van der Waals surface area contributed by atoms with Gasteiger partial charge in [-0.2, -0.15) is 0 Å². The van der Waals surface area contributed by atoms with E-state index in [1.807, 2.05) is 31.2 Å². The number of aliphatic hydroxyl groups excluding tert-OH is 1. The van der Waals surface area contributed by atoms with Gasteiger partial charge >= 0.3 is 0 Å². The van der Waals surface area contributed by atoms with Crippen molar-refractivity contribution >= 4 is 37.4 Å². The van der Waals surface area contributed by atoms with E-state index in [2.05, 4.69) is 63.6 Å². The van der Waals surface area contributed by atoms with Crippen LogP contribution in [0.2, 0.25) is 28.2 Å². The molecule has 0 fully saturated rings. The van der Waals surface area contributed by atoms with Gasteiger partial charge in [0.2, 0.25) is 5.91 Å². The third-order valence-corrected chi connectivity index (χ3v) is 13.6. The number of aromatic hydroxyl groups is 1. The molecule has 6 nitrogen and oxygen atoms in total. The number of amides is 1. The summed E-state index contributed by atoms with van der Waals surface area (Å²) in [6, 6.07) is 18.9. The summed E-state index contributed by atoms with van der Waals surface area (Å²) in [6.45, 7) is 15.7. The quantitative estimate of drug-likeness (QED) is 0.142. The molecule has 9 heteroatoms. The third-order valence-electron chi connectivity index (χ3n) is 8.43. The Kier molecular flexibility index (Phi) is 12.3. The summed E-state index contributed by atoms with van der Waals surface area (Å²) in [7, 11) is -2.12. The van der Waals surface area contributed by atoms with Crippen LogP contribution in [0, 0.1) is 0 Å². The second-order valence-corrected chi connectivity index (χ2v) is 18.4. The molecule has 1 amide bonds. The minimum atomic E-state index is -2.12. The van der Waals surface area contributed by atoms with Gasteiger partial charge in [-0.15, -0.1) is 0 Å². The number of rotatable bonds is 13. The molecule has 0 saturated heterocycles. The molecule has 0 heterocycles. The Bertz CT molecular complexity index is 1370. The second-order valence-electron chi connectivity index (χ2n) is 12.8. The van der Waals surface area contributed by atoms with E-state index in [1.165, 1.54) is 0 Å². The van der Waals surface area contributed by atoms with E-state index in [0.29, 0.717) is 27.7 Å². The molecule has 0 spiro atoms. The molecule has 3 aromatic carbocycles. The van der Waals surface area contributed by atoms with Crippen LogP contribution < -0.4 is 10.6 Å². The van der Waals surface area contributed by atoms with Gasteiger partial charge in [0.05, 0.1) is 18.6 Å². The highest BCUT2D eigenvalue weighted by atomic mass is 35.5. The number of phenols is 1. The number of halogens is 2. The summed E-state index contributed by atoms with van der Waals surface area (Å²) in [5.74, 6) is -0.364. The van der Waals surface area contributed by atoms with Crippen LogP contribution in [0.1, 0.15) is 74.5 Å². The maximum absolute atomic E-state index is 13.0. The molecular weight excluding hydrogens is 599 g/mol. The van der Waals surface area contributed by atoms with Crippen molar-refractivity contribution < 1.29 is 19.4 Å². The van der Waals surface area contributed by atoms with Crippen LogP contribution in [-0.4, -0.2) is 37.0 Å². The van der Waals surface area contributed by atoms with Crippen molar-refractivity contribution in [1.82, 2.24) is 10.6 Å². The maximum atomic E-state index is 13.0. The van der Waals surface area contributed by atoms with E-state index in [4.69, 9.17) is 27.6 Å². The van der Waals surface area contributed by atoms with E-state index in [0.717, 1.165) is 23.1 Å². The van der Waals surface area contributed by atoms with Gasteiger partial charge in [0.1, 0.15) is 5.75 Å². The van der Waals surface area contributed by atoms with Crippen LogP contribution >= 0.6 is 23.2 Å². The zero-order valence-electron chi connectivity index (χ0n) is 26.3. The van der Waals surface area contributed by atoms with Crippen molar-refractivity contribution in [3.63, 3.8) is 0 Å². The molecule has 0 radical (unpaired) electrons. The standard InChI is InChI=1S/C34H46Cl2N2O4Si/c1-22(37-20-32(42-43(6,7)34(3,4)5)26-14-15-31(40)27(18-26)21-39)16-24-10-8-11-25(17-24)23(2)33(41)38-19-28-29(35)12-9-13-30(28)36/h8-15,17-18,22-23,32,37,39-40H,16,19-21H2,1-7H3,(H,38,41)/t22-,23?,32+/m1/s1. The fourth-order valence-corrected chi connectivity index (χ4v) is 6.41. The highest BCUT2D eigenvalue weighted by molar-refractivity contribution is 6.74. The van der Waals surface area contributed by atoms with Crippen molar-refractivity contribution in [3.05, 3.63) is 98.5 Å². The zero-order chi connectivity index (χ0) is 31.9. The molecule has 0 aliphatic carbocycles. The van der Waals surface area contributed by atoms with Crippen LogP contribution in [-0.2, 0) is 28.8 Å².